The molecule has 8 heteroatoms. The number of hydrogen-bond donors (Lipinski definition) is 2. The molecule has 0 atom stereocenters. The summed E-state index contributed by atoms with van der Waals surface area (Å²) in [5, 5.41) is 7.51. The minimum Gasteiger partial charge on any atom is -0.368 e. The molecule has 4 heterocycles. The van der Waals surface area contributed by atoms with E-state index in [0.29, 0.717) is 17.4 Å². The van der Waals surface area contributed by atoms with Gasteiger partial charge in [0.2, 0.25) is 5.95 Å². The lowest BCUT2D eigenvalue weighted by atomic mass is 9.95. The molecule has 0 amide bonds. The van der Waals surface area contributed by atoms with E-state index in [1.54, 1.807) is 6.07 Å². The van der Waals surface area contributed by atoms with Gasteiger partial charge in [-0.2, -0.15) is 4.98 Å². The minimum atomic E-state index is 0.0278. The number of aryl methyl sites for hydroxylation is 1. The van der Waals surface area contributed by atoms with Crippen LogP contribution in [0.4, 0.5) is 17.5 Å². The Bertz CT molecular complexity index is 1110. The second-order valence-corrected chi connectivity index (χ2v) is 8.52. The van der Waals surface area contributed by atoms with E-state index in [-0.39, 0.29) is 11.6 Å². The predicted octanol–water partition coefficient (Wildman–Crippen LogP) is 3.15. The Morgan fingerprint density at radius 2 is 1.87 bits per heavy atom. The fourth-order valence-corrected chi connectivity index (χ4v) is 4.71. The first-order chi connectivity index (χ1) is 15.2. The molecular formula is C23H29N7O. The number of fused-ring (bicyclic) bond motifs is 1. The van der Waals surface area contributed by atoms with Gasteiger partial charge in [-0.05, 0) is 37.5 Å². The standard InChI is InChI=1S/C23H29N7O/c1-16-13-21(31)30(17-5-3-2-4-6-17)22-19(16)15-26-23(28-22)27-20-8-7-18(14-25-20)29-11-9-24-10-12-29/h7-8,13-15,17,24H,2-6,9-12H2,1H3,(H,25,26,27,28). The van der Waals surface area contributed by atoms with Gasteiger partial charge in [-0.3, -0.25) is 9.36 Å². The number of nitrogens with zero attached hydrogens (tertiary/aromatic N) is 5. The zero-order valence-corrected chi connectivity index (χ0v) is 18.0. The van der Waals surface area contributed by atoms with Gasteiger partial charge in [0.15, 0.2) is 0 Å². The molecule has 0 radical (unpaired) electrons. The molecule has 8 nitrogen and oxygen atoms in total. The summed E-state index contributed by atoms with van der Waals surface area (Å²) in [4.78, 5) is 29.0. The molecule has 1 aliphatic heterocycles. The molecule has 1 saturated carbocycles. The lowest BCUT2D eigenvalue weighted by Gasteiger charge is -2.29. The third-order valence-electron chi connectivity index (χ3n) is 6.41. The Labute approximate surface area is 181 Å². The summed E-state index contributed by atoms with van der Waals surface area (Å²) in [6, 6.07) is 5.95. The van der Waals surface area contributed by atoms with E-state index in [0.717, 1.165) is 68.5 Å². The van der Waals surface area contributed by atoms with Crippen LogP contribution in [0.15, 0.2) is 35.4 Å². The summed E-state index contributed by atoms with van der Waals surface area (Å²) in [6.07, 6.45) is 9.31. The Morgan fingerprint density at radius 3 is 2.61 bits per heavy atom. The third-order valence-corrected chi connectivity index (χ3v) is 6.41. The van der Waals surface area contributed by atoms with Crippen molar-refractivity contribution in [3.05, 3.63) is 46.5 Å². The van der Waals surface area contributed by atoms with Crippen LogP contribution in [0.1, 0.15) is 43.7 Å². The van der Waals surface area contributed by atoms with Gasteiger partial charge in [-0.15, -0.1) is 0 Å². The monoisotopic (exact) mass is 419 g/mol. The van der Waals surface area contributed by atoms with Crippen LogP contribution in [0, 0.1) is 6.92 Å². The van der Waals surface area contributed by atoms with E-state index in [4.69, 9.17) is 4.98 Å². The van der Waals surface area contributed by atoms with Crippen LogP contribution in [-0.4, -0.2) is 45.7 Å². The number of rotatable bonds is 4. The van der Waals surface area contributed by atoms with Crippen molar-refractivity contribution in [3.63, 3.8) is 0 Å². The maximum atomic E-state index is 12.9. The Kier molecular flexibility index (Phi) is 5.55. The number of piperazine rings is 1. The van der Waals surface area contributed by atoms with Crippen LogP contribution >= 0.6 is 0 Å². The quantitative estimate of drug-likeness (QED) is 0.672. The first-order valence-electron chi connectivity index (χ1n) is 11.3. The van der Waals surface area contributed by atoms with E-state index in [1.807, 2.05) is 30.0 Å². The average molecular weight is 420 g/mol. The first kappa shape index (κ1) is 19.9. The third kappa shape index (κ3) is 4.12. The van der Waals surface area contributed by atoms with Gasteiger partial charge in [0.1, 0.15) is 11.5 Å². The van der Waals surface area contributed by atoms with Crippen molar-refractivity contribution >= 4 is 28.5 Å². The molecule has 162 valence electrons. The average Bonchev–Trinajstić information content (AvgIpc) is 2.81. The van der Waals surface area contributed by atoms with Crippen LogP contribution < -0.4 is 21.1 Å². The molecule has 1 saturated heterocycles. The second-order valence-electron chi connectivity index (χ2n) is 8.52. The molecule has 0 bridgehead atoms. The van der Waals surface area contributed by atoms with Crippen LogP contribution in [-0.2, 0) is 0 Å². The lowest BCUT2D eigenvalue weighted by Crippen LogP contribution is -2.43. The summed E-state index contributed by atoms with van der Waals surface area (Å²) in [6.45, 7) is 5.91. The SMILES string of the molecule is Cc1cc(=O)n(C2CCCCC2)c2nc(Nc3ccc(N4CCNCC4)cn3)ncc12. The topological polar surface area (TPSA) is 88.0 Å². The molecule has 2 fully saturated rings. The summed E-state index contributed by atoms with van der Waals surface area (Å²) < 4.78 is 1.88. The Hall–Kier alpha value is -3.00. The zero-order chi connectivity index (χ0) is 21.2. The van der Waals surface area contributed by atoms with Crippen molar-refractivity contribution in [3.8, 4) is 0 Å². The normalized spacial score (nSPS) is 17.8. The largest absolute Gasteiger partial charge is 0.368 e. The Balaban J connectivity index is 1.44. The first-order valence-corrected chi connectivity index (χ1v) is 11.3. The smallest absolute Gasteiger partial charge is 0.252 e. The Morgan fingerprint density at radius 1 is 1.06 bits per heavy atom. The summed E-state index contributed by atoms with van der Waals surface area (Å²) in [5.41, 5.74) is 2.78. The van der Waals surface area contributed by atoms with Gasteiger partial charge in [0.05, 0.1) is 11.9 Å². The van der Waals surface area contributed by atoms with E-state index in [2.05, 4.69) is 31.6 Å². The molecule has 0 spiro atoms. The van der Waals surface area contributed by atoms with Gasteiger partial charge in [-0.25, -0.2) is 9.97 Å². The molecule has 0 aromatic carbocycles. The molecule has 31 heavy (non-hydrogen) atoms. The molecular weight excluding hydrogens is 390 g/mol. The molecule has 0 unspecified atom stereocenters. The predicted molar refractivity (Wildman–Crippen MR) is 123 cm³/mol. The minimum absolute atomic E-state index is 0.0278. The molecule has 3 aromatic rings. The van der Waals surface area contributed by atoms with Gasteiger partial charge in [0.25, 0.3) is 5.56 Å². The highest BCUT2D eigenvalue weighted by atomic mass is 16.1. The summed E-state index contributed by atoms with van der Waals surface area (Å²) in [7, 11) is 0. The number of anilines is 3. The van der Waals surface area contributed by atoms with Crippen LogP contribution in [0.5, 0.6) is 0 Å². The summed E-state index contributed by atoms with van der Waals surface area (Å²) >= 11 is 0. The fourth-order valence-electron chi connectivity index (χ4n) is 4.71. The van der Waals surface area contributed by atoms with Crippen molar-refractivity contribution in [1.82, 2.24) is 24.8 Å². The highest BCUT2D eigenvalue weighted by molar-refractivity contribution is 5.79. The van der Waals surface area contributed by atoms with Crippen LogP contribution in [0.25, 0.3) is 11.0 Å². The molecule has 3 aromatic heterocycles. The van der Waals surface area contributed by atoms with E-state index >= 15 is 0 Å². The highest BCUT2D eigenvalue weighted by Gasteiger charge is 2.20. The van der Waals surface area contributed by atoms with Gasteiger partial charge < -0.3 is 15.5 Å². The van der Waals surface area contributed by atoms with E-state index in [1.165, 1.54) is 6.42 Å². The highest BCUT2D eigenvalue weighted by Crippen LogP contribution is 2.30. The number of aromatic nitrogens is 4. The second kappa shape index (κ2) is 8.63. The number of pyridine rings is 2. The molecule has 5 rings (SSSR count). The van der Waals surface area contributed by atoms with Crippen molar-refractivity contribution < 1.29 is 0 Å². The fraction of sp³-hybridized carbons (Fsp3) is 0.478. The van der Waals surface area contributed by atoms with Gasteiger partial charge in [-0.1, -0.05) is 19.3 Å². The molecule has 2 aliphatic rings. The number of nitrogens with one attached hydrogen (secondary N) is 2. The summed E-state index contributed by atoms with van der Waals surface area (Å²) in [5.74, 6) is 1.15. The maximum absolute atomic E-state index is 12.9. The van der Waals surface area contributed by atoms with Crippen LogP contribution in [0.3, 0.4) is 0 Å². The number of hydrogen-bond acceptors (Lipinski definition) is 7. The van der Waals surface area contributed by atoms with Crippen molar-refractivity contribution in [1.29, 1.82) is 0 Å². The maximum Gasteiger partial charge on any atom is 0.252 e. The van der Waals surface area contributed by atoms with Crippen molar-refractivity contribution in [2.45, 2.75) is 45.1 Å². The molecule has 1 aliphatic carbocycles. The lowest BCUT2D eigenvalue weighted by molar-refractivity contribution is 0.353. The van der Waals surface area contributed by atoms with Crippen LogP contribution in [0.2, 0.25) is 0 Å². The van der Waals surface area contributed by atoms with Crippen molar-refractivity contribution in [2.24, 2.45) is 0 Å². The van der Waals surface area contributed by atoms with E-state index < -0.39 is 0 Å². The molecule has 2 N–H and O–H groups in total. The van der Waals surface area contributed by atoms with E-state index in [9.17, 15) is 4.79 Å². The van der Waals surface area contributed by atoms with Gasteiger partial charge >= 0.3 is 0 Å². The van der Waals surface area contributed by atoms with Gasteiger partial charge in [0, 0.05) is 49.9 Å². The zero-order valence-electron chi connectivity index (χ0n) is 18.0. The van der Waals surface area contributed by atoms with Crippen molar-refractivity contribution in [2.75, 3.05) is 36.4 Å².